The lowest BCUT2D eigenvalue weighted by Gasteiger charge is -2.28. The molecular weight excluding hydrogens is 1420 g/mol. The highest BCUT2D eigenvalue weighted by atomic mass is 31.2. The zero-order chi connectivity index (χ0) is 77.1. The summed E-state index contributed by atoms with van der Waals surface area (Å²) in [6.07, 6.45) is 22.2. The smallest absolute Gasteiger partial charge is 0.361 e. The van der Waals surface area contributed by atoms with Crippen LogP contribution in [0, 0.1) is 0 Å². The van der Waals surface area contributed by atoms with Crippen LogP contribution in [0.15, 0.2) is 170 Å². The first-order valence-corrected chi connectivity index (χ1v) is 47.3. The Balaban J connectivity index is 1.36. The van der Waals surface area contributed by atoms with Gasteiger partial charge in [0.05, 0.1) is 62.5 Å². The zero-order valence-electron chi connectivity index (χ0n) is 67.0. The average Bonchev–Trinajstić information content (AvgIpc) is 0.938. The highest BCUT2D eigenvalue weighted by Crippen LogP contribution is 2.55. The van der Waals surface area contributed by atoms with E-state index in [9.17, 15) is 0 Å². The minimum atomic E-state index is -4.15. The molecule has 108 heavy (non-hydrogen) atoms. The van der Waals surface area contributed by atoms with Gasteiger partial charge in [0.1, 0.15) is 37.3 Å². The number of rotatable bonds is 44. The SMILES string of the molecule is CCCCCCCCCCCCOc1c2cc(P(=O)(OC(C)C)OC(C)C)cc1Cc1cc(CP(=O)(c3ccccc3)c3ccccc3)cc(c1OC)Cc1cc(P(=O)(OC(C)C)OC(C)C)cc(c1OCCCCCCCCCCCC)Cc1cc(CP(=O)(c3ccccc3)c3ccccc3)cc(c1OC)C2. The van der Waals surface area contributed by atoms with Crippen LogP contribution in [0.1, 0.15) is 253 Å². The molecule has 16 heteroatoms. The van der Waals surface area contributed by atoms with Crippen molar-refractivity contribution in [3.63, 3.8) is 0 Å². The Kier molecular flexibility index (Phi) is 33.6. The number of ether oxygens (including phenoxy) is 4. The van der Waals surface area contributed by atoms with Crippen molar-refractivity contribution in [3.8, 4) is 23.0 Å². The molecule has 0 spiro atoms. The van der Waals surface area contributed by atoms with Crippen LogP contribution in [0.2, 0.25) is 0 Å². The number of unbranched alkanes of at least 4 members (excludes halogenated alkanes) is 18. The van der Waals surface area contributed by atoms with Gasteiger partial charge in [-0.15, -0.1) is 0 Å². The second kappa shape index (κ2) is 42.4. The van der Waals surface area contributed by atoms with Gasteiger partial charge in [-0.05, 0) is 148 Å². The van der Waals surface area contributed by atoms with Crippen LogP contribution < -0.4 is 50.8 Å². The number of hydrogen-bond donors (Lipinski definition) is 0. The summed E-state index contributed by atoms with van der Waals surface area (Å²) in [4.78, 5) is 0. The number of methoxy groups -OCH3 is 2. The summed E-state index contributed by atoms with van der Waals surface area (Å²) in [6, 6.07) is 55.4. The fourth-order valence-corrected chi connectivity index (χ4v) is 24.6. The van der Waals surface area contributed by atoms with Gasteiger partial charge in [0.2, 0.25) is 0 Å². The maximum absolute atomic E-state index is 16.6. The molecule has 0 saturated carbocycles. The van der Waals surface area contributed by atoms with Crippen LogP contribution in [-0.2, 0) is 74.4 Å². The molecule has 9 rings (SSSR count). The van der Waals surface area contributed by atoms with Crippen molar-refractivity contribution in [2.45, 2.75) is 260 Å². The summed E-state index contributed by atoms with van der Waals surface area (Å²) < 4.78 is 120. The van der Waals surface area contributed by atoms with Gasteiger partial charge >= 0.3 is 15.2 Å². The Morgan fingerprint density at radius 1 is 0.287 bits per heavy atom. The molecular formula is C92H124O12P4. The van der Waals surface area contributed by atoms with Crippen LogP contribution in [-0.4, -0.2) is 51.8 Å². The van der Waals surface area contributed by atoms with Crippen LogP contribution >= 0.6 is 29.5 Å². The van der Waals surface area contributed by atoms with E-state index in [0.717, 1.165) is 106 Å². The molecule has 0 radical (unpaired) electrons. The molecule has 0 fully saturated rings. The molecule has 0 aliphatic heterocycles. The maximum Gasteiger partial charge on any atom is 0.361 e. The van der Waals surface area contributed by atoms with Crippen LogP contribution in [0.4, 0.5) is 0 Å². The Hall–Kier alpha value is -6.28. The normalized spacial score (nSPS) is 12.9. The number of fused-ring (bicyclic) bond motifs is 8. The Morgan fingerprint density at radius 3 is 0.731 bits per heavy atom. The van der Waals surface area contributed by atoms with Crippen molar-refractivity contribution in [3.05, 3.63) is 225 Å². The molecule has 8 aromatic carbocycles. The second-order valence-electron chi connectivity index (χ2n) is 30.6. The van der Waals surface area contributed by atoms with Gasteiger partial charge in [0.25, 0.3) is 0 Å². The molecule has 0 unspecified atom stereocenters. The molecule has 0 heterocycles. The Labute approximate surface area is 648 Å². The van der Waals surface area contributed by atoms with Gasteiger partial charge in [-0.3, -0.25) is 9.13 Å². The lowest BCUT2D eigenvalue weighted by Crippen LogP contribution is -2.20. The fourth-order valence-electron chi connectivity index (χ4n) is 15.2. The lowest BCUT2D eigenvalue weighted by atomic mass is 9.90. The second-order valence-corrected chi connectivity index (χ2v) is 40.1. The van der Waals surface area contributed by atoms with E-state index in [1.807, 2.05) is 201 Å². The van der Waals surface area contributed by atoms with E-state index >= 15 is 18.3 Å². The average molecular weight is 1550 g/mol. The van der Waals surface area contributed by atoms with E-state index in [1.54, 1.807) is 14.2 Å². The summed E-state index contributed by atoms with van der Waals surface area (Å²) in [5.74, 6) is 2.40. The summed E-state index contributed by atoms with van der Waals surface area (Å²) in [5, 5.41) is 3.65. The van der Waals surface area contributed by atoms with Gasteiger partial charge in [0, 0.05) is 59.2 Å². The largest absolute Gasteiger partial charge is 0.496 e. The van der Waals surface area contributed by atoms with Crippen LogP contribution in [0.3, 0.4) is 0 Å². The minimum Gasteiger partial charge on any atom is -0.496 e. The monoisotopic (exact) mass is 1540 g/mol. The van der Waals surface area contributed by atoms with E-state index in [0.29, 0.717) is 69.1 Å². The fraction of sp³-hybridized carbons (Fsp3) is 0.478. The number of benzene rings is 8. The summed E-state index contributed by atoms with van der Waals surface area (Å²) in [6.45, 7) is 20.3. The standard InChI is InChI=1S/C92H124O12P4/c1-13-15-17-19-21-23-25-27-29-43-53-99-91-79-59-75-55-73(67-105(93,83-45-35-31-36-46-83)84-47-37-32-38-48-84)57-77(89(75)97-11)61-81-65-88(108(96,103-71(7)8)104-72(9)10)66-82(92(81)100-54-44-30-28-26-24-22-20-18-16-14-2)62-78-58-74(68-106(94,85-49-39-33-40-50-85)86-51-41-34-42-52-86)56-76(90(78)98-12)60-80(91)64-87(63-79)107(95,101-69(3)4)102-70(5)6/h31-42,45-52,55-58,63-66,69-72H,13-30,43-44,53-54,59-62,67-68H2,1-12H3. The molecule has 0 N–H and O–H groups in total. The molecule has 12 nitrogen and oxygen atoms in total. The van der Waals surface area contributed by atoms with E-state index < -0.39 is 53.9 Å². The summed E-state index contributed by atoms with van der Waals surface area (Å²) in [7, 11) is -11.8. The summed E-state index contributed by atoms with van der Waals surface area (Å²) in [5.41, 5.74) is 7.53. The third-order valence-electron chi connectivity index (χ3n) is 20.0. The van der Waals surface area contributed by atoms with Gasteiger partial charge in [-0.2, -0.15) is 0 Å². The predicted molar refractivity (Wildman–Crippen MR) is 451 cm³/mol. The lowest BCUT2D eigenvalue weighted by molar-refractivity contribution is 0.149. The van der Waals surface area contributed by atoms with Crippen LogP contribution in [0.25, 0.3) is 0 Å². The van der Waals surface area contributed by atoms with Gasteiger partial charge in [0.15, 0.2) is 0 Å². The highest BCUT2D eigenvalue weighted by Gasteiger charge is 2.38. The van der Waals surface area contributed by atoms with Crippen LogP contribution in [0.5, 0.6) is 23.0 Å². The van der Waals surface area contributed by atoms with Crippen molar-refractivity contribution in [2.24, 2.45) is 0 Å². The predicted octanol–water partition coefficient (Wildman–Crippen LogP) is 23.3. The van der Waals surface area contributed by atoms with Gasteiger partial charge in [-0.25, -0.2) is 0 Å². The van der Waals surface area contributed by atoms with E-state index in [4.69, 9.17) is 37.0 Å². The van der Waals surface area contributed by atoms with Gasteiger partial charge < -0.3 is 46.2 Å². The molecule has 1 aliphatic carbocycles. The highest BCUT2D eigenvalue weighted by molar-refractivity contribution is 7.78. The van der Waals surface area contributed by atoms with Crippen molar-refractivity contribution in [1.82, 2.24) is 0 Å². The maximum atomic E-state index is 16.6. The molecule has 0 atom stereocenters. The third-order valence-corrected chi connectivity index (χ3v) is 30.7. The molecule has 8 aromatic rings. The quantitative estimate of drug-likeness (QED) is 0.0265. The van der Waals surface area contributed by atoms with Crippen molar-refractivity contribution < 1.29 is 55.3 Å². The van der Waals surface area contributed by atoms with E-state index in [2.05, 4.69) is 38.1 Å². The van der Waals surface area contributed by atoms with E-state index in [-0.39, 0.29) is 38.0 Å². The molecule has 0 saturated heterocycles. The Bertz CT molecular complexity index is 3810. The van der Waals surface area contributed by atoms with Crippen molar-refractivity contribution >= 4 is 61.3 Å². The zero-order valence-corrected chi connectivity index (χ0v) is 70.5. The minimum absolute atomic E-state index is 0.156. The first kappa shape index (κ1) is 85.7. The van der Waals surface area contributed by atoms with Gasteiger partial charge in [-0.1, -0.05) is 275 Å². The third kappa shape index (κ3) is 23.9. The first-order chi connectivity index (χ1) is 52.1. The summed E-state index contributed by atoms with van der Waals surface area (Å²) >= 11 is 0. The Morgan fingerprint density at radius 2 is 0.509 bits per heavy atom. The molecule has 8 bridgehead atoms. The molecule has 1 aliphatic rings. The molecule has 0 aromatic heterocycles. The van der Waals surface area contributed by atoms with Crippen molar-refractivity contribution in [2.75, 3.05) is 27.4 Å². The first-order valence-electron chi connectivity index (χ1n) is 40.4. The topological polar surface area (TPSA) is 142 Å². The van der Waals surface area contributed by atoms with Crippen molar-refractivity contribution in [1.29, 1.82) is 0 Å². The molecule has 584 valence electrons. The van der Waals surface area contributed by atoms with E-state index in [1.165, 1.54) is 77.0 Å². The molecule has 0 amide bonds. The number of hydrogen-bond acceptors (Lipinski definition) is 12.